The number of carbonyl (C=O) groups excluding carboxylic acids is 2. The summed E-state index contributed by atoms with van der Waals surface area (Å²) >= 11 is 0. The highest BCUT2D eigenvalue weighted by Crippen LogP contribution is 2.22. The molecule has 0 radical (unpaired) electrons. The van der Waals surface area contributed by atoms with Gasteiger partial charge in [0.15, 0.2) is 0 Å². The number of nitrogens with zero attached hydrogens (tertiary/aromatic N) is 3. The van der Waals surface area contributed by atoms with Gasteiger partial charge in [0.25, 0.3) is 0 Å². The number of anilines is 1. The van der Waals surface area contributed by atoms with Crippen LogP contribution in [0.4, 0.5) is 15.3 Å². The van der Waals surface area contributed by atoms with E-state index in [1.807, 2.05) is 43.9 Å². The third kappa shape index (κ3) is 7.38. The molecule has 1 N–H and O–H groups in total. The Kier molecular flexibility index (Phi) is 8.37. The molecular weight excluding hydrogens is 408 g/mol. The number of piperidine rings is 1. The molecule has 1 unspecified atom stereocenters. The molecule has 0 aliphatic carbocycles. The van der Waals surface area contributed by atoms with Crippen molar-refractivity contribution >= 4 is 17.8 Å². The monoisotopic (exact) mass is 446 g/mol. The van der Waals surface area contributed by atoms with Crippen LogP contribution in [0.5, 0.6) is 0 Å². The SMILES string of the molecule is CN(CC1CCCN(C(=O)Nc2ccccc2CN2CCOCC2)C1)C(=O)OC(C)(C)C. The smallest absolute Gasteiger partial charge is 0.410 e. The van der Waals surface area contributed by atoms with Gasteiger partial charge < -0.3 is 24.6 Å². The van der Waals surface area contributed by atoms with E-state index >= 15 is 0 Å². The van der Waals surface area contributed by atoms with Crippen LogP contribution < -0.4 is 5.32 Å². The van der Waals surface area contributed by atoms with Gasteiger partial charge in [0.2, 0.25) is 0 Å². The number of nitrogens with one attached hydrogen (secondary N) is 1. The third-order valence-electron chi connectivity index (χ3n) is 5.80. The molecule has 3 rings (SSSR count). The summed E-state index contributed by atoms with van der Waals surface area (Å²) in [5, 5.41) is 3.12. The maximum atomic E-state index is 13.0. The van der Waals surface area contributed by atoms with E-state index in [2.05, 4.69) is 16.3 Å². The van der Waals surface area contributed by atoms with Crippen molar-refractivity contribution in [1.82, 2.24) is 14.7 Å². The van der Waals surface area contributed by atoms with Gasteiger partial charge in [-0.05, 0) is 51.2 Å². The van der Waals surface area contributed by atoms with Crippen LogP contribution in [-0.4, -0.2) is 85.4 Å². The Morgan fingerprint density at radius 3 is 2.62 bits per heavy atom. The minimum atomic E-state index is -0.515. The van der Waals surface area contributed by atoms with Crippen LogP contribution in [0.15, 0.2) is 24.3 Å². The van der Waals surface area contributed by atoms with Crippen molar-refractivity contribution in [2.45, 2.75) is 45.8 Å². The van der Waals surface area contributed by atoms with Crippen LogP contribution in [0.3, 0.4) is 0 Å². The van der Waals surface area contributed by atoms with Crippen LogP contribution in [0.25, 0.3) is 0 Å². The minimum absolute atomic E-state index is 0.0796. The Bertz CT molecular complexity index is 774. The zero-order valence-electron chi connectivity index (χ0n) is 19.9. The molecule has 0 spiro atoms. The maximum absolute atomic E-state index is 13.0. The van der Waals surface area contributed by atoms with Crippen molar-refractivity contribution in [3.8, 4) is 0 Å². The highest BCUT2D eigenvalue weighted by Gasteiger charge is 2.28. The molecule has 1 aromatic rings. The first-order valence-electron chi connectivity index (χ1n) is 11.6. The lowest BCUT2D eigenvalue weighted by molar-refractivity contribution is 0.0253. The lowest BCUT2D eigenvalue weighted by atomic mass is 9.98. The number of hydrogen-bond donors (Lipinski definition) is 1. The van der Waals surface area contributed by atoms with Gasteiger partial charge in [-0.15, -0.1) is 0 Å². The first-order valence-corrected chi connectivity index (χ1v) is 11.6. The van der Waals surface area contributed by atoms with E-state index in [9.17, 15) is 9.59 Å². The molecule has 2 saturated heterocycles. The van der Waals surface area contributed by atoms with Crippen molar-refractivity contribution in [2.75, 3.05) is 58.3 Å². The van der Waals surface area contributed by atoms with Gasteiger partial charge >= 0.3 is 12.1 Å². The van der Waals surface area contributed by atoms with E-state index < -0.39 is 5.60 Å². The van der Waals surface area contributed by atoms with Gasteiger partial charge in [0.1, 0.15) is 5.60 Å². The molecule has 0 saturated carbocycles. The van der Waals surface area contributed by atoms with Gasteiger partial charge in [-0.25, -0.2) is 9.59 Å². The van der Waals surface area contributed by atoms with Gasteiger partial charge in [-0.2, -0.15) is 0 Å². The lowest BCUT2D eigenvalue weighted by Gasteiger charge is -2.35. The molecule has 2 fully saturated rings. The number of ether oxygens (including phenoxy) is 2. The molecular formula is C24H38N4O4. The average Bonchev–Trinajstić information content (AvgIpc) is 2.75. The maximum Gasteiger partial charge on any atom is 0.410 e. The second kappa shape index (κ2) is 11.0. The van der Waals surface area contributed by atoms with E-state index in [0.29, 0.717) is 13.1 Å². The van der Waals surface area contributed by atoms with Crippen LogP contribution in [0.2, 0.25) is 0 Å². The van der Waals surface area contributed by atoms with Gasteiger partial charge in [-0.3, -0.25) is 4.90 Å². The van der Waals surface area contributed by atoms with Gasteiger partial charge in [0.05, 0.1) is 13.2 Å². The molecule has 2 aliphatic heterocycles. The zero-order valence-corrected chi connectivity index (χ0v) is 19.9. The summed E-state index contributed by atoms with van der Waals surface area (Å²) in [7, 11) is 1.76. The largest absolute Gasteiger partial charge is 0.444 e. The van der Waals surface area contributed by atoms with Crippen LogP contribution >= 0.6 is 0 Å². The number of morpholine rings is 1. The van der Waals surface area contributed by atoms with Crippen molar-refractivity contribution in [3.05, 3.63) is 29.8 Å². The van der Waals surface area contributed by atoms with Crippen LogP contribution in [0, 0.1) is 5.92 Å². The predicted molar refractivity (Wildman–Crippen MR) is 125 cm³/mol. The summed E-state index contributed by atoms with van der Waals surface area (Å²) in [6.07, 6.45) is 1.59. The minimum Gasteiger partial charge on any atom is -0.444 e. The van der Waals surface area contributed by atoms with E-state index in [-0.39, 0.29) is 18.0 Å². The lowest BCUT2D eigenvalue weighted by Crippen LogP contribution is -2.46. The Morgan fingerprint density at radius 2 is 1.91 bits per heavy atom. The number of rotatable bonds is 5. The Hall–Kier alpha value is -2.32. The number of benzene rings is 1. The molecule has 1 atom stereocenters. The fourth-order valence-electron chi connectivity index (χ4n) is 4.17. The second-order valence-corrected chi connectivity index (χ2v) is 9.79. The van der Waals surface area contributed by atoms with Crippen LogP contribution in [-0.2, 0) is 16.0 Å². The summed E-state index contributed by atoms with van der Waals surface area (Å²) in [4.78, 5) is 31.2. The van der Waals surface area contributed by atoms with Crippen LogP contribution in [0.1, 0.15) is 39.2 Å². The zero-order chi connectivity index (χ0) is 23.1. The Balaban J connectivity index is 1.55. The summed E-state index contributed by atoms with van der Waals surface area (Å²) in [6.45, 7) is 11.6. The van der Waals surface area contributed by atoms with Gasteiger partial charge in [0, 0.05) is 52.0 Å². The summed E-state index contributed by atoms with van der Waals surface area (Å²) in [5.74, 6) is 0.232. The first kappa shape index (κ1) is 24.3. The van der Waals surface area contributed by atoms with E-state index in [0.717, 1.165) is 63.5 Å². The molecule has 32 heavy (non-hydrogen) atoms. The van der Waals surface area contributed by atoms with Crippen molar-refractivity contribution in [2.24, 2.45) is 5.92 Å². The molecule has 2 aliphatic rings. The first-order chi connectivity index (χ1) is 15.2. The molecule has 8 heteroatoms. The summed E-state index contributed by atoms with van der Waals surface area (Å²) < 4.78 is 10.9. The average molecular weight is 447 g/mol. The number of hydrogen-bond acceptors (Lipinski definition) is 5. The highest BCUT2D eigenvalue weighted by atomic mass is 16.6. The predicted octanol–water partition coefficient (Wildman–Crippen LogP) is 3.63. The highest BCUT2D eigenvalue weighted by molar-refractivity contribution is 5.90. The molecule has 1 aromatic carbocycles. The van der Waals surface area contributed by atoms with Crippen molar-refractivity contribution < 1.29 is 19.1 Å². The number of para-hydroxylation sites is 1. The molecule has 2 heterocycles. The van der Waals surface area contributed by atoms with Crippen molar-refractivity contribution in [3.63, 3.8) is 0 Å². The fraction of sp³-hybridized carbons (Fsp3) is 0.667. The van der Waals surface area contributed by atoms with Gasteiger partial charge in [-0.1, -0.05) is 18.2 Å². The number of carbonyl (C=O) groups is 2. The molecule has 3 amide bonds. The van der Waals surface area contributed by atoms with E-state index in [4.69, 9.17) is 9.47 Å². The second-order valence-electron chi connectivity index (χ2n) is 9.79. The standard InChI is InChI=1S/C24H38N4O4/c1-24(2,3)32-23(30)26(4)16-19-8-7-11-28(17-19)22(29)25-21-10-6-5-9-20(21)18-27-12-14-31-15-13-27/h5-6,9-10,19H,7-8,11-18H2,1-4H3,(H,25,29). The molecule has 178 valence electrons. The molecule has 0 aromatic heterocycles. The Morgan fingerprint density at radius 1 is 1.19 bits per heavy atom. The van der Waals surface area contributed by atoms with Crippen molar-refractivity contribution in [1.29, 1.82) is 0 Å². The molecule has 0 bridgehead atoms. The number of urea groups is 1. The Labute approximate surface area is 191 Å². The summed E-state index contributed by atoms with van der Waals surface area (Å²) in [5.41, 5.74) is 1.45. The molecule has 8 nitrogen and oxygen atoms in total. The fourth-order valence-corrected chi connectivity index (χ4v) is 4.17. The number of likely N-dealkylation sites (tertiary alicyclic amines) is 1. The number of amides is 3. The third-order valence-corrected chi connectivity index (χ3v) is 5.80. The topological polar surface area (TPSA) is 74.4 Å². The van der Waals surface area contributed by atoms with E-state index in [1.165, 1.54) is 0 Å². The normalized spacial score (nSPS) is 20.0. The van der Waals surface area contributed by atoms with E-state index in [1.54, 1.807) is 11.9 Å². The quantitative estimate of drug-likeness (QED) is 0.748. The summed E-state index contributed by atoms with van der Waals surface area (Å²) in [6, 6.07) is 7.91.